The number of rotatable bonds is 7. The largest absolute Gasteiger partial charge is 0.379 e. The van der Waals surface area contributed by atoms with Crippen LogP contribution in [0, 0.1) is 0 Å². The lowest BCUT2D eigenvalue weighted by atomic mass is 10.1. The molecule has 1 aliphatic heterocycles. The number of hydrogen-bond donors (Lipinski definition) is 3. The van der Waals surface area contributed by atoms with Crippen LogP contribution in [0.2, 0.25) is 0 Å². The normalized spacial score (nSPS) is 14.1. The SMILES string of the molecule is O=C(CN1CCOCC1)Nc1cccc(-c2nc(Nc3ccc(-c4cn[nH]c4)cc3)c3sccc3n2)c1. The maximum Gasteiger partial charge on any atom is 0.238 e. The molecule has 186 valence electrons. The monoisotopic (exact) mass is 511 g/mol. The summed E-state index contributed by atoms with van der Waals surface area (Å²) in [6.07, 6.45) is 3.67. The third kappa shape index (κ3) is 5.36. The van der Waals surface area contributed by atoms with Crippen LogP contribution < -0.4 is 10.6 Å². The van der Waals surface area contributed by atoms with Crippen LogP contribution in [0.4, 0.5) is 17.2 Å². The van der Waals surface area contributed by atoms with Crippen LogP contribution in [-0.2, 0) is 9.53 Å². The van der Waals surface area contributed by atoms with E-state index in [-0.39, 0.29) is 5.91 Å². The molecule has 6 rings (SSSR count). The highest BCUT2D eigenvalue weighted by Gasteiger charge is 2.15. The number of hydrogen-bond acceptors (Lipinski definition) is 8. The van der Waals surface area contributed by atoms with Crippen molar-refractivity contribution in [2.24, 2.45) is 0 Å². The first-order valence-electron chi connectivity index (χ1n) is 12.0. The highest BCUT2D eigenvalue weighted by molar-refractivity contribution is 7.17. The molecule has 10 heteroatoms. The summed E-state index contributed by atoms with van der Waals surface area (Å²) in [6.45, 7) is 3.21. The lowest BCUT2D eigenvalue weighted by Gasteiger charge is -2.25. The molecule has 0 unspecified atom stereocenters. The van der Waals surface area contributed by atoms with Gasteiger partial charge in [-0.2, -0.15) is 5.10 Å². The molecular formula is C27H25N7O2S. The molecular weight excluding hydrogens is 486 g/mol. The molecule has 0 spiro atoms. The number of aromatic amines is 1. The van der Waals surface area contributed by atoms with Crippen LogP contribution in [0.25, 0.3) is 32.7 Å². The van der Waals surface area contributed by atoms with Crippen LogP contribution >= 0.6 is 11.3 Å². The van der Waals surface area contributed by atoms with E-state index in [1.54, 1.807) is 17.5 Å². The number of nitrogens with one attached hydrogen (secondary N) is 3. The summed E-state index contributed by atoms with van der Waals surface area (Å²) in [4.78, 5) is 24.3. The number of anilines is 3. The standard InChI is InChI=1S/C27H25N7O2S/c35-24(17-34-9-11-36-12-10-34)30-22-3-1-2-19(14-22)26-32-23-8-13-37-25(23)27(33-26)31-21-6-4-18(5-7-21)20-15-28-29-16-20/h1-8,13-16H,9-12,17H2,(H,28,29)(H,30,35)(H,31,32,33). The van der Waals surface area contributed by atoms with Crippen molar-refractivity contribution in [1.82, 2.24) is 25.1 Å². The van der Waals surface area contributed by atoms with E-state index in [1.165, 1.54) is 0 Å². The number of aromatic nitrogens is 4. The zero-order valence-corrected chi connectivity index (χ0v) is 20.8. The summed E-state index contributed by atoms with van der Waals surface area (Å²) in [6, 6.07) is 17.8. The molecule has 1 aliphatic rings. The van der Waals surface area contributed by atoms with Crippen molar-refractivity contribution >= 4 is 44.7 Å². The van der Waals surface area contributed by atoms with Gasteiger partial charge in [-0.25, -0.2) is 9.97 Å². The van der Waals surface area contributed by atoms with Crippen LogP contribution in [-0.4, -0.2) is 63.8 Å². The molecule has 0 bridgehead atoms. The summed E-state index contributed by atoms with van der Waals surface area (Å²) >= 11 is 1.60. The van der Waals surface area contributed by atoms with E-state index in [0.29, 0.717) is 31.3 Å². The average molecular weight is 512 g/mol. The highest BCUT2D eigenvalue weighted by Crippen LogP contribution is 2.32. The van der Waals surface area contributed by atoms with Gasteiger partial charge in [0.05, 0.1) is 36.2 Å². The van der Waals surface area contributed by atoms with Gasteiger partial charge in [-0.15, -0.1) is 11.3 Å². The van der Waals surface area contributed by atoms with E-state index in [4.69, 9.17) is 14.7 Å². The predicted octanol–water partition coefficient (Wildman–Crippen LogP) is 4.76. The fourth-order valence-electron chi connectivity index (χ4n) is 4.27. The number of carbonyl (C=O) groups excluding carboxylic acids is 1. The molecule has 2 aromatic carbocycles. The van der Waals surface area contributed by atoms with Crippen molar-refractivity contribution in [2.45, 2.75) is 0 Å². The molecule has 0 radical (unpaired) electrons. The summed E-state index contributed by atoms with van der Waals surface area (Å²) in [5.74, 6) is 1.29. The van der Waals surface area contributed by atoms with Crippen LogP contribution in [0.1, 0.15) is 0 Å². The van der Waals surface area contributed by atoms with Crippen molar-refractivity contribution < 1.29 is 9.53 Å². The lowest BCUT2D eigenvalue weighted by Crippen LogP contribution is -2.41. The van der Waals surface area contributed by atoms with Gasteiger partial charge in [0.25, 0.3) is 0 Å². The topological polar surface area (TPSA) is 108 Å². The molecule has 0 aliphatic carbocycles. The molecule has 0 atom stereocenters. The van der Waals surface area contributed by atoms with Gasteiger partial charge < -0.3 is 15.4 Å². The number of benzene rings is 2. The predicted molar refractivity (Wildman–Crippen MR) is 146 cm³/mol. The molecule has 1 amide bonds. The molecule has 9 nitrogen and oxygen atoms in total. The number of amides is 1. The Balaban J connectivity index is 1.23. The lowest BCUT2D eigenvalue weighted by molar-refractivity contribution is -0.118. The minimum Gasteiger partial charge on any atom is -0.379 e. The fraction of sp³-hybridized carbons (Fsp3) is 0.185. The van der Waals surface area contributed by atoms with Crippen molar-refractivity contribution in [1.29, 1.82) is 0 Å². The summed E-state index contributed by atoms with van der Waals surface area (Å²) in [7, 11) is 0. The Morgan fingerprint density at radius 3 is 2.68 bits per heavy atom. The van der Waals surface area contributed by atoms with Gasteiger partial charge in [-0.1, -0.05) is 24.3 Å². The number of thiophene rings is 1. The molecule has 37 heavy (non-hydrogen) atoms. The minimum absolute atomic E-state index is 0.0468. The Labute approximate surface area is 217 Å². The summed E-state index contributed by atoms with van der Waals surface area (Å²) in [5, 5.41) is 15.3. The first kappa shape index (κ1) is 23.3. The van der Waals surface area contributed by atoms with E-state index >= 15 is 0 Å². The van der Waals surface area contributed by atoms with Gasteiger partial charge in [0, 0.05) is 41.8 Å². The smallest absolute Gasteiger partial charge is 0.238 e. The molecule has 1 saturated heterocycles. The van der Waals surface area contributed by atoms with Gasteiger partial charge in [-0.05, 0) is 41.3 Å². The Morgan fingerprint density at radius 1 is 1.00 bits per heavy atom. The summed E-state index contributed by atoms with van der Waals surface area (Å²) in [5.41, 5.74) is 5.46. The van der Waals surface area contributed by atoms with E-state index in [2.05, 4.69) is 25.7 Å². The summed E-state index contributed by atoms with van der Waals surface area (Å²) < 4.78 is 6.35. The second-order valence-electron chi connectivity index (χ2n) is 8.74. The molecule has 3 N–H and O–H groups in total. The van der Waals surface area contributed by atoms with E-state index < -0.39 is 0 Å². The van der Waals surface area contributed by atoms with E-state index in [1.807, 2.05) is 66.2 Å². The second-order valence-corrected chi connectivity index (χ2v) is 9.65. The quantitative estimate of drug-likeness (QED) is 0.289. The molecule has 4 heterocycles. The Hall–Kier alpha value is -4.12. The number of H-pyrrole nitrogens is 1. The van der Waals surface area contributed by atoms with Crippen molar-refractivity contribution in [2.75, 3.05) is 43.5 Å². The second kappa shape index (κ2) is 10.5. The van der Waals surface area contributed by atoms with Gasteiger partial charge in [-0.3, -0.25) is 14.8 Å². The highest BCUT2D eigenvalue weighted by atomic mass is 32.1. The number of nitrogens with zero attached hydrogens (tertiary/aromatic N) is 4. The number of ether oxygens (including phenoxy) is 1. The molecule has 1 fully saturated rings. The maximum atomic E-state index is 12.6. The first-order chi connectivity index (χ1) is 18.2. The molecule has 0 saturated carbocycles. The van der Waals surface area contributed by atoms with E-state index in [0.717, 1.165) is 51.5 Å². The van der Waals surface area contributed by atoms with Crippen molar-refractivity contribution in [3.8, 4) is 22.5 Å². The Bertz CT molecular complexity index is 1510. The number of fused-ring (bicyclic) bond motifs is 1. The maximum absolute atomic E-state index is 12.6. The van der Waals surface area contributed by atoms with Crippen LogP contribution in [0.5, 0.6) is 0 Å². The van der Waals surface area contributed by atoms with Gasteiger partial charge in [0.2, 0.25) is 5.91 Å². The average Bonchev–Trinajstić information content (AvgIpc) is 3.63. The zero-order valence-electron chi connectivity index (χ0n) is 20.0. The van der Waals surface area contributed by atoms with Gasteiger partial charge >= 0.3 is 0 Å². The van der Waals surface area contributed by atoms with Crippen LogP contribution in [0.3, 0.4) is 0 Å². The Morgan fingerprint density at radius 2 is 1.86 bits per heavy atom. The molecule has 5 aromatic rings. The van der Waals surface area contributed by atoms with Crippen molar-refractivity contribution in [3.05, 3.63) is 72.4 Å². The zero-order chi connectivity index (χ0) is 25.0. The van der Waals surface area contributed by atoms with Gasteiger partial charge in [0.15, 0.2) is 11.6 Å². The fourth-order valence-corrected chi connectivity index (χ4v) is 5.04. The van der Waals surface area contributed by atoms with Crippen LogP contribution in [0.15, 0.2) is 72.4 Å². The Kier molecular flexibility index (Phi) is 6.59. The van der Waals surface area contributed by atoms with Crippen molar-refractivity contribution in [3.63, 3.8) is 0 Å². The third-order valence-corrected chi connectivity index (χ3v) is 7.07. The molecule has 3 aromatic heterocycles. The third-order valence-electron chi connectivity index (χ3n) is 6.16. The first-order valence-corrected chi connectivity index (χ1v) is 12.9. The van der Waals surface area contributed by atoms with Gasteiger partial charge in [0.1, 0.15) is 0 Å². The number of carbonyl (C=O) groups is 1. The number of morpholine rings is 1. The minimum atomic E-state index is -0.0468. The van der Waals surface area contributed by atoms with E-state index in [9.17, 15) is 4.79 Å².